The highest BCUT2D eigenvalue weighted by molar-refractivity contribution is 5.77. The van der Waals surface area contributed by atoms with Crippen molar-refractivity contribution >= 4 is 11.6 Å². The number of hydrogen-bond donors (Lipinski definition) is 1. The van der Waals surface area contributed by atoms with Crippen molar-refractivity contribution in [1.82, 2.24) is 14.7 Å². The standard InChI is InChI=1S/C27H29N3O2/c1-19(2)17-28-26(31)15-13-24-27(21-10-7-11-23(16-21)32-3)29-25-14-12-22(18-30(24)25)20-8-5-4-6-9-20/h4-12,14,16,18-19H,13,15,17H2,1-3H3,(H,28,31). The molecule has 164 valence electrons. The van der Waals surface area contributed by atoms with Crippen LogP contribution >= 0.6 is 0 Å². The zero-order chi connectivity index (χ0) is 22.5. The molecule has 0 saturated carbocycles. The maximum absolute atomic E-state index is 12.5. The number of ether oxygens (including phenoxy) is 1. The van der Waals surface area contributed by atoms with Crippen molar-refractivity contribution in [3.05, 3.63) is 78.6 Å². The van der Waals surface area contributed by atoms with Gasteiger partial charge in [0.25, 0.3) is 0 Å². The van der Waals surface area contributed by atoms with Gasteiger partial charge in [-0.2, -0.15) is 0 Å². The van der Waals surface area contributed by atoms with Gasteiger partial charge >= 0.3 is 0 Å². The zero-order valence-electron chi connectivity index (χ0n) is 18.8. The first-order valence-electron chi connectivity index (χ1n) is 11.0. The van der Waals surface area contributed by atoms with Crippen LogP contribution in [0.2, 0.25) is 0 Å². The summed E-state index contributed by atoms with van der Waals surface area (Å²) in [6, 6.07) is 22.3. The number of rotatable bonds is 8. The number of benzene rings is 2. The predicted octanol–water partition coefficient (Wildman–Crippen LogP) is 5.38. The third-order valence-electron chi connectivity index (χ3n) is 5.46. The van der Waals surface area contributed by atoms with Crippen molar-refractivity contribution in [1.29, 1.82) is 0 Å². The van der Waals surface area contributed by atoms with Crippen LogP contribution in [-0.2, 0) is 11.2 Å². The fourth-order valence-electron chi connectivity index (χ4n) is 3.77. The highest BCUT2D eigenvalue weighted by atomic mass is 16.5. The second-order valence-corrected chi connectivity index (χ2v) is 8.35. The van der Waals surface area contributed by atoms with Crippen LogP contribution in [0, 0.1) is 5.92 Å². The Labute approximate surface area is 189 Å². The number of hydrogen-bond acceptors (Lipinski definition) is 3. The van der Waals surface area contributed by atoms with Crippen molar-refractivity contribution in [3.8, 4) is 28.1 Å². The average molecular weight is 428 g/mol. The van der Waals surface area contributed by atoms with Gasteiger partial charge in [0.2, 0.25) is 5.91 Å². The summed E-state index contributed by atoms with van der Waals surface area (Å²) in [5.41, 5.74) is 5.99. The molecule has 0 aliphatic carbocycles. The van der Waals surface area contributed by atoms with Gasteiger partial charge in [0.15, 0.2) is 0 Å². The van der Waals surface area contributed by atoms with Crippen LogP contribution in [-0.4, -0.2) is 28.9 Å². The van der Waals surface area contributed by atoms with Crippen LogP contribution in [0.15, 0.2) is 72.9 Å². The van der Waals surface area contributed by atoms with E-state index in [0.29, 0.717) is 25.3 Å². The summed E-state index contributed by atoms with van der Waals surface area (Å²) in [6.07, 6.45) is 3.12. The summed E-state index contributed by atoms with van der Waals surface area (Å²) < 4.78 is 7.54. The van der Waals surface area contributed by atoms with Gasteiger partial charge in [-0.3, -0.25) is 4.79 Å². The molecule has 32 heavy (non-hydrogen) atoms. The number of imidazole rings is 1. The monoisotopic (exact) mass is 427 g/mol. The Hall–Kier alpha value is -3.60. The molecule has 2 heterocycles. The number of aryl methyl sites for hydroxylation is 1. The zero-order valence-corrected chi connectivity index (χ0v) is 18.8. The number of carbonyl (C=O) groups excluding carboxylic acids is 1. The summed E-state index contributed by atoms with van der Waals surface area (Å²) in [5, 5.41) is 3.02. The van der Waals surface area contributed by atoms with E-state index in [1.807, 2.05) is 48.5 Å². The van der Waals surface area contributed by atoms with Crippen LogP contribution < -0.4 is 10.1 Å². The normalized spacial score (nSPS) is 11.1. The highest BCUT2D eigenvalue weighted by Crippen LogP contribution is 2.30. The molecule has 4 rings (SSSR count). The van der Waals surface area contributed by atoms with E-state index >= 15 is 0 Å². The Morgan fingerprint density at radius 2 is 1.78 bits per heavy atom. The largest absolute Gasteiger partial charge is 0.497 e. The second kappa shape index (κ2) is 9.69. The first-order valence-corrected chi connectivity index (χ1v) is 11.0. The molecule has 0 aliphatic heterocycles. The Balaban J connectivity index is 1.75. The smallest absolute Gasteiger partial charge is 0.220 e. The van der Waals surface area contributed by atoms with E-state index in [9.17, 15) is 4.79 Å². The molecular formula is C27H29N3O2. The molecule has 0 fully saturated rings. The molecule has 0 aliphatic rings. The van der Waals surface area contributed by atoms with Crippen molar-refractivity contribution in [3.63, 3.8) is 0 Å². The third kappa shape index (κ3) is 4.83. The maximum atomic E-state index is 12.5. The number of methoxy groups -OCH3 is 1. The summed E-state index contributed by atoms with van der Waals surface area (Å²) in [4.78, 5) is 17.4. The van der Waals surface area contributed by atoms with Crippen LogP contribution in [0.25, 0.3) is 28.0 Å². The lowest BCUT2D eigenvalue weighted by Crippen LogP contribution is -2.27. The number of pyridine rings is 1. The topological polar surface area (TPSA) is 55.6 Å². The van der Waals surface area contributed by atoms with Gasteiger partial charge in [0.1, 0.15) is 11.4 Å². The molecule has 1 N–H and O–H groups in total. The minimum atomic E-state index is 0.0597. The Morgan fingerprint density at radius 3 is 2.53 bits per heavy atom. The van der Waals surface area contributed by atoms with Gasteiger partial charge in [0, 0.05) is 24.7 Å². The van der Waals surface area contributed by atoms with E-state index in [-0.39, 0.29) is 5.91 Å². The molecule has 0 radical (unpaired) electrons. The van der Waals surface area contributed by atoms with Crippen molar-refractivity contribution in [2.24, 2.45) is 5.92 Å². The van der Waals surface area contributed by atoms with E-state index in [1.54, 1.807) is 7.11 Å². The lowest BCUT2D eigenvalue weighted by atomic mass is 10.1. The van der Waals surface area contributed by atoms with Crippen LogP contribution in [0.1, 0.15) is 26.0 Å². The van der Waals surface area contributed by atoms with E-state index in [1.165, 1.54) is 0 Å². The first kappa shape index (κ1) is 21.6. The Kier molecular flexibility index (Phi) is 6.55. The summed E-state index contributed by atoms with van der Waals surface area (Å²) >= 11 is 0. The quantitative estimate of drug-likeness (QED) is 0.411. The molecule has 2 aromatic carbocycles. The van der Waals surface area contributed by atoms with Gasteiger partial charge < -0.3 is 14.5 Å². The van der Waals surface area contributed by atoms with Crippen LogP contribution in [0.3, 0.4) is 0 Å². The van der Waals surface area contributed by atoms with Gasteiger partial charge in [-0.25, -0.2) is 4.98 Å². The Morgan fingerprint density at radius 1 is 1.00 bits per heavy atom. The number of amides is 1. The fraction of sp³-hybridized carbons (Fsp3) is 0.259. The van der Waals surface area contributed by atoms with Crippen LogP contribution in [0.5, 0.6) is 5.75 Å². The molecule has 2 aromatic heterocycles. The van der Waals surface area contributed by atoms with E-state index in [0.717, 1.165) is 39.5 Å². The molecule has 0 bridgehead atoms. The van der Waals surface area contributed by atoms with Crippen molar-refractivity contribution in [2.45, 2.75) is 26.7 Å². The lowest BCUT2D eigenvalue weighted by Gasteiger charge is -2.10. The summed E-state index contributed by atoms with van der Waals surface area (Å²) in [5.74, 6) is 1.27. The minimum absolute atomic E-state index is 0.0597. The maximum Gasteiger partial charge on any atom is 0.220 e. The van der Waals surface area contributed by atoms with Crippen molar-refractivity contribution in [2.75, 3.05) is 13.7 Å². The minimum Gasteiger partial charge on any atom is -0.497 e. The SMILES string of the molecule is COc1cccc(-c2nc3ccc(-c4ccccc4)cn3c2CCC(=O)NCC(C)C)c1. The molecule has 5 nitrogen and oxygen atoms in total. The number of nitrogens with zero attached hydrogens (tertiary/aromatic N) is 2. The van der Waals surface area contributed by atoms with Gasteiger partial charge in [-0.1, -0.05) is 56.3 Å². The van der Waals surface area contributed by atoms with Crippen LogP contribution in [0.4, 0.5) is 0 Å². The average Bonchev–Trinajstić information content (AvgIpc) is 3.19. The van der Waals surface area contributed by atoms with Crippen molar-refractivity contribution < 1.29 is 9.53 Å². The molecule has 0 saturated heterocycles. The fourth-order valence-corrected chi connectivity index (χ4v) is 3.77. The number of aromatic nitrogens is 2. The van der Waals surface area contributed by atoms with E-state index in [4.69, 9.17) is 9.72 Å². The number of fused-ring (bicyclic) bond motifs is 1. The summed E-state index contributed by atoms with van der Waals surface area (Å²) in [7, 11) is 1.66. The number of carbonyl (C=O) groups is 1. The lowest BCUT2D eigenvalue weighted by molar-refractivity contribution is -0.121. The van der Waals surface area contributed by atoms with E-state index < -0.39 is 0 Å². The second-order valence-electron chi connectivity index (χ2n) is 8.35. The Bertz CT molecular complexity index is 1210. The molecule has 1 amide bonds. The van der Waals surface area contributed by atoms with Gasteiger partial charge in [-0.15, -0.1) is 0 Å². The predicted molar refractivity (Wildman–Crippen MR) is 129 cm³/mol. The van der Waals surface area contributed by atoms with Gasteiger partial charge in [-0.05, 0) is 47.7 Å². The highest BCUT2D eigenvalue weighted by Gasteiger charge is 2.17. The molecule has 0 unspecified atom stereocenters. The molecule has 4 aromatic rings. The first-order chi connectivity index (χ1) is 15.5. The summed E-state index contributed by atoms with van der Waals surface area (Å²) in [6.45, 7) is 4.88. The molecule has 0 spiro atoms. The molecular weight excluding hydrogens is 398 g/mol. The van der Waals surface area contributed by atoms with E-state index in [2.05, 4.69) is 48.0 Å². The molecule has 5 heteroatoms. The third-order valence-corrected chi connectivity index (χ3v) is 5.46. The molecule has 0 atom stereocenters. The van der Waals surface area contributed by atoms with Gasteiger partial charge in [0.05, 0.1) is 18.5 Å². The number of nitrogens with one attached hydrogen (secondary N) is 1.